The highest BCUT2D eigenvalue weighted by Crippen LogP contribution is 2.29. The highest BCUT2D eigenvalue weighted by Gasteiger charge is 2.09. The predicted molar refractivity (Wildman–Crippen MR) is 90.2 cm³/mol. The fourth-order valence-electron chi connectivity index (χ4n) is 2.95. The summed E-state index contributed by atoms with van der Waals surface area (Å²) in [5, 5.41) is 2.53. The van der Waals surface area contributed by atoms with Crippen LogP contribution in [0.5, 0.6) is 0 Å². The van der Waals surface area contributed by atoms with Gasteiger partial charge >= 0.3 is 5.63 Å². The molecule has 0 fully saturated rings. The Kier molecular flexibility index (Phi) is 2.83. The van der Waals surface area contributed by atoms with Gasteiger partial charge in [0, 0.05) is 5.39 Å². The molecule has 0 bridgehead atoms. The Bertz CT molecular complexity index is 1060. The molecule has 4 rings (SSSR count). The molecule has 0 aliphatic carbocycles. The Labute approximate surface area is 127 Å². The van der Waals surface area contributed by atoms with Crippen molar-refractivity contribution in [3.05, 3.63) is 82.7 Å². The van der Waals surface area contributed by atoms with Gasteiger partial charge in [-0.15, -0.1) is 0 Å². The van der Waals surface area contributed by atoms with Crippen molar-refractivity contribution >= 4 is 21.7 Å². The summed E-state index contributed by atoms with van der Waals surface area (Å²) in [6.45, 7) is 2.07. The number of aryl methyl sites for hydroxylation is 1. The maximum absolute atomic E-state index is 12.3. The van der Waals surface area contributed by atoms with Crippen molar-refractivity contribution in [2.75, 3.05) is 0 Å². The molecule has 2 nitrogen and oxygen atoms in total. The van der Waals surface area contributed by atoms with Gasteiger partial charge in [-0.05, 0) is 41.1 Å². The third-order valence-electron chi connectivity index (χ3n) is 4.08. The Balaban J connectivity index is 2.07. The Morgan fingerprint density at radius 3 is 2.41 bits per heavy atom. The van der Waals surface area contributed by atoms with Gasteiger partial charge in [0.2, 0.25) is 0 Å². The van der Waals surface area contributed by atoms with E-state index in [-0.39, 0.29) is 5.63 Å². The number of benzene rings is 3. The largest absolute Gasteiger partial charge is 0.422 e. The van der Waals surface area contributed by atoms with Crippen LogP contribution in [0.15, 0.2) is 75.9 Å². The molecule has 0 saturated heterocycles. The lowest BCUT2D eigenvalue weighted by atomic mass is 9.97. The predicted octanol–water partition coefficient (Wildman–Crippen LogP) is 4.92. The summed E-state index contributed by atoms with van der Waals surface area (Å²) in [5.41, 5.74) is 3.70. The lowest BCUT2D eigenvalue weighted by Gasteiger charge is -2.08. The van der Waals surface area contributed by atoms with Crippen LogP contribution < -0.4 is 5.63 Å². The second kappa shape index (κ2) is 4.85. The Hall–Kier alpha value is -2.87. The quantitative estimate of drug-likeness (QED) is 0.367. The van der Waals surface area contributed by atoms with Crippen LogP contribution in [0, 0.1) is 6.92 Å². The van der Waals surface area contributed by atoms with Crippen molar-refractivity contribution in [1.82, 2.24) is 0 Å². The average molecular weight is 286 g/mol. The Morgan fingerprint density at radius 1 is 0.773 bits per heavy atom. The minimum atomic E-state index is -0.288. The van der Waals surface area contributed by atoms with Crippen LogP contribution in [0.2, 0.25) is 0 Å². The van der Waals surface area contributed by atoms with Gasteiger partial charge in [0.25, 0.3) is 0 Å². The van der Waals surface area contributed by atoms with Crippen molar-refractivity contribution in [3.63, 3.8) is 0 Å². The summed E-state index contributed by atoms with van der Waals surface area (Å²) in [7, 11) is 0. The topological polar surface area (TPSA) is 30.2 Å². The van der Waals surface area contributed by atoms with Crippen LogP contribution in [0.4, 0.5) is 0 Å². The first-order valence-electron chi connectivity index (χ1n) is 7.26. The summed E-state index contributed by atoms with van der Waals surface area (Å²) in [5.74, 6) is 0. The molecule has 0 atom stereocenters. The normalized spacial score (nSPS) is 11.1. The van der Waals surface area contributed by atoms with E-state index in [0.29, 0.717) is 11.0 Å². The monoisotopic (exact) mass is 286 g/mol. The summed E-state index contributed by atoms with van der Waals surface area (Å²) in [6, 6.07) is 21.8. The second-order valence-electron chi connectivity index (χ2n) is 5.46. The third kappa shape index (κ3) is 1.92. The molecule has 1 aromatic heterocycles. The zero-order valence-corrected chi connectivity index (χ0v) is 12.2. The molecule has 0 spiro atoms. The molecule has 0 amide bonds. The van der Waals surface area contributed by atoms with E-state index >= 15 is 0 Å². The number of para-hydroxylation sites is 1. The van der Waals surface area contributed by atoms with E-state index in [2.05, 4.69) is 25.1 Å². The fourth-order valence-corrected chi connectivity index (χ4v) is 2.95. The molecular weight excluding hydrogens is 272 g/mol. The molecule has 2 heteroatoms. The number of fused-ring (bicyclic) bond motifs is 3. The van der Waals surface area contributed by atoms with Crippen LogP contribution in [0.1, 0.15) is 5.56 Å². The van der Waals surface area contributed by atoms with Crippen molar-refractivity contribution in [2.24, 2.45) is 0 Å². The molecule has 106 valence electrons. The van der Waals surface area contributed by atoms with Gasteiger partial charge in [0.1, 0.15) is 5.58 Å². The van der Waals surface area contributed by atoms with Crippen LogP contribution in [0.25, 0.3) is 32.9 Å². The maximum atomic E-state index is 12.3. The third-order valence-corrected chi connectivity index (χ3v) is 4.08. The number of rotatable bonds is 1. The standard InChI is InChI=1S/C20H14O2/c1-13-6-2-3-7-15(13)14-10-11-16-17-8-4-5-9-19(17)22-20(21)18(16)12-14/h2-12H,1H3. The average Bonchev–Trinajstić information content (AvgIpc) is 2.55. The molecule has 0 N–H and O–H groups in total. The lowest BCUT2D eigenvalue weighted by molar-refractivity contribution is 0.569. The smallest absolute Gasteiger partial charge is 0.344 e. The molecular formula is C20H14O2. The number of hydrogen-bond donors (Lipinski definition) is 0. The molecule has 3 aromatic carbocycles. The lowest BCUT2D eigenvalue weighted by Crippen LogP contribution is -2.00. The van der Waals surface area contributed by atoms with Gasteiger partial charge in [-0.2, -0.15) is 0 Å². The zero-order valence-electron chi connectivity index (χ0n) is 12.2. The van der Waals surface area contributed by atoms with Gasteiger partial charge < -0.3 is 4.42 Å². The summed E-state index contributed by atoms with van der Waals surface area (Å²) in [6.07, 6.45) is 0. The van der Waals surface area contributed by atoms with E-state index in [0.717, 1.165) is 21.9 Å². The van der Waals surface area contributed by atoms with E-state index in [9.17, 15) is 4.79 Å². The first kappa shape index (κ1) is 12.8. The molecule has 0 radical (unpaired) electrons. The van der Waals surface area contributed by atoms with E-state index in [4.69, 9.17) is 4.42 Å². The number of hydrogen-bond acceptors (Lipinski definition) is 2. The van der Waals surface area contributed by atoms with Gasteiger partial charge in [-0.1, -0.05) is 54.6 Å². The Morgan fingerprint density at radius 2 is 1.55 bits per heavy atom. The molecule has 1 heterocycles. The van der Waals surface area contributed by atoms with E-state index in [1.165, 1.54) is 5.56 Å². The minimum Gasteiger partial charge on any atom is -0.422 e. The maximum Gasteiger partial charge on any atom is 0.344 e. The van der Waals surface area contributed by atoms with Crippen molar-refractivity contribution in [3.8, 4) is 11.1 Å². The minimum absolute atomic E-state index is 0.288. The molecule has 4 aromatic rings. The van der Waals surface area contributed by atoms with Crippen LogP contribution >= 0.6 is 0 Å². The van der Waals surface area contributed by atoms with Crippen LogP contribution in [-0.2, 0) is 0 Å². The fraction of sp³-hybridized carbons (Fsp3) is 0.0500. The van der Waals surface area contributed by atoms with Gasteiger partial charge in [0.15, 0.2) is 0 Å². The highest BCUT2D eigenvalue weighted by atomic mass is 16.4. The van der Waals surface area contributed by atoms with Crippen molar-refractivity contribution in [1.29, 1.82) is 0 Å². The molecule has 0 saturated carbocycles. The first-order valence-corrected chi connectivity index (χ1v) is 7.26. The summed E-state index contributed by atoms with van der Waals surface area (Å²) < 4.78 is 5.44. The van der Waals surface area contributed by atoms with Crippen LogP contribution in [0.3, 0.4) is 0 Å². The first-order chi connectivity index (χ1) is 10.7. The van der Waals surface area contributed by atoms with Gasteiger partial charge in [-0.25, -0.2) is 4.79 Å². The van der Waals surface area contributed by atoms with E-state index in [1.807, 2.05) is 48.5 Å². The second-order valence-corrected chi connectivity index (χ2v) is 5.46. The van der Waals surface area contributed by atoms with Gasteiger partial charge in [0.05, 0.1) is 5.39 Å². The SMILES string of the molecule is Cc1ccccc1-c1ccc2c(c1)c(=O)oc1ccccc12. The van der Waals surface area contributed by atoms with E-state index < -0.39 is 0 Å². The van der Waals surface area contributed by atoms with Gasteiger partial charge in [-0.3, -0.25) is 0 Å². The zero-order chi connectivity index (χ0) is 15.1. The molecule has 0 aliphatic rings. The van der Waals surface area contributed by atoms with E-state index in [1.54, 1.807) is 0 Å². The molecule has 0 unspecified atom stereocenters. The molecule has 22 heavy (non-hydrogen) atoms. The van der Waals surface area contributed by atoms with Crippen molar-refractivity contribution < 1.29 is 4.42 Å². The van der Waals surface area contributed by atoms with Crippen LogP contribution in [-0.4, -0.2) is 0 Å². The van der Waals surface area contributed by atoms with Crippen molar-refractivity contribution in [2.45, 2.75) is 6.92 Å². The summed E-state index contributed by atoms with van der Waals surface area (Å²) >= 11 is 0. The summed E-state index contributed by atoms with van der Waals surface area (Å²) in [4.78, 5) is 12.3. The molecule has 0 aliphatic heterocycles. The highest BCUT2D eigenvalue weighted by molar-refractivity contribution is 6.05.